The Balaban J connectivity index is 1.48. The molecule has 3 aliphatic rings. The highest BCUT2D eigenvalue weighted by Gasteiger charge is 2.56. The maximum atomic E-state index is 13.2. The molecule has 3 aliphatic heterocycles. The second-order valence-corrected chi connectivity index (χ2v) is 8.30. The second-order valence-electron chi connectivity index (χ2n) is 8.30. The number of imide groups is 1. The average molecular weight is 419 g/mol. The molecule has 2 aromatic rings. The van der Waals surface area contributed by atoms with Gasteiger partial charge in [0.15, 0.2) is 6.29 Å². The van der Waals surface area contributed by atoms with Gasteiger partial charge in [-0.25, -0.2) is 9.69 Å². The van der Waals surface area contributed by atoms with Gasteiger partial charge in [-0.15, -0.1) is 6.58 Å². The number of benzene rings is 2. The maximum absolute atomic E-state index is 13.2. The molecule has 0 spiro atoms. The first-order valence-electron chi connectivity index (χ1n) is 10.5. The summed E-state index contributed by atoms with van der Waals surface area (Å²) in [6.45, 7) is 7.03. The largest absolute Gasteiger partial charge is 0.328 e. The van der Waals surface area contributed by atoms with Gasteiger partial charge < -0.3 is 4.90 Å². The number of hydrazone groups is 1. The summed E-state index contributed by atoms with van der Waals surface area (Å²) in [5, 5.41) is 12.7. The minimum absolute atomic E-state index is 0.192. The zero-order chi connectivity index (χ0) is 21.7. The molecule has 0 aliphatic carbocycles. The molecule has 0 bridgehead atoms. The van der Waals surface area contributed by atoms with Crippen LogP contribution in [-0.4, -0.2) is 76.0 Å². The summed E-state index contributed by atoms with van der Waals surface area (Å²) in [7, 11) is 1.73. The van der Waals surface area contributed by atoms with Crippen LogP contribution < -0.4 is 5.32 Å². The zero-order valence-corrected chi connectivity index (χ0v) is 17.7. The van der Waals surface area contributed by atoms with Crippen LogP contribution in [0.4, 0.5) is 4.79 Å². The van der Waals surface area contributed by atoms with Gasteiger partial charge in [0.2, 0.25) is 0 Å². The second kappa shape index (κ2) is 7.47. The molecule has 2 fully saturated rings. The number of hydrogen-bond donors (Lipinski definition) is 1. The minimum Gasteiger partial charge on any atom is -0.310 e. The highest BCUT2D eigenvalue weighted by Crippen LogP contribution is 2.31. The number of nitrogens with one attached hydrogen (secondary N) is 1. The Morgan fingerprint density at radius 3 is 2.77 bits per heavy atom. The van der Waals surface area contributed by atoms with Gasteiger partial charge in [-0.1, -0.05) is 48.5 Å². The normalized spacial score (nSPS) is 26.2. The van der Waals surface area contributed by atoms with Crippen LogP contribution in [0.15, 0.2) is 60.2 Å². The van der Waals surface area contributed by atoms with Gasteiger partial charge in [0.25, 0.3) is 5.91 Å². The Morgan fingerprint density at radius 2 is 1.97 bits per heavy atom. The molecule has 31 heavy (non-hydrogen) atoms. The molecule has 8 heteroatoms. The standard InChI is InChI=1S/C23H26N6O2/c1-4-12-27-21(30)19-20(26(3)23(27)31)24-22-28(19)13-15(2)25-29(22)14-17-10-7-9-16-8-5-6-11-18(16)17/h4-11,19-20,22,24H,1,12-14H2,2-3H3. The highest BCUT2D eigenvalue weighted by atomic mass is 16.2. The zero-order valence-electron chi connectivity index (χ0n) is 17.7. The van der Waals surface area contributed by atoms with Crippen LogP contribution in [-0.2, 0) is 11.3 Å². The number of carbonyl (C=O) groups excluding carboxylic acids is 2. The number of likely N-dealkylation sites (N-methyl/N-ethyl adjacent to an activating group) is 1. The molecule has 3 amide bonds. The molecule has 3 heterocycles. The van der Waals surface area contributed by atoms with E-state index >= 15 is 0 Å². The van der Waals surface area contributed by atoms with Crippen molar-refractivity contribution in [3.05, 3.63) is 60.7 Å². The van der Waals surface area contributed by atoms with Gasteiger partial charge in [-0.3, -0.25) is 20.0 Å². The first-order valence-corrected chi connectivity index (χ1v) is 10.5. The third kappa shape index (κ3) is 3.10. The molecule has 0 aromatic heterocycles. The topological polar surface area (TPSA) is 71.5 Å². The van der Waals surface area contributed by atoms with Crippen molar-refractivity contribution < 1.29 is 9.59 Å². The van der Waals surface area contributed by atoms with E-state index in [0.717, 1.165) is 11.3 Å². The summed E-state index contributed by atoms with van der Waals surface area (Å²) in [4.78, 5) is 31.0. The molecular weight excluding hydrogens is 392 g/mol. The van der Waals surface area contributed by atoms with E-state index in [0.29, 0.717) is 13.1 Å². The minimum atomic E-state index is -0.465. The van der Waals surface area contributed by atoms with Gasteiger partial charge in [-0.2, -0.15) is 5.10 Å². The quantitative estimate of drug-likeness (QED) is 0.769. The fraction of sp³-hybridized carbons (Fsp3) is 0.348. The van der Waals surface area contributed by atoms with E-state index in [9.17, 15) is 9.59 Å². The van der Waals surface area contributed by atoms with Gasteiger partial charge in [0, 0.05) is 25.8 Å². The summed E-state index contributed by atoms with van der Waals surface area (Å²) in [5.41, 5.74) is 2.10. The Labute approximate surface area is 181 Å². The summed E-state index contributed by atoms with van der Waals surface area (Å²) >= 11 is 0. The molecule has 3 unspecified atom stereocenters. The lowest BCUT2D eigenvalue weighted by molar-refractivity contribution is -0.138. The summed E-state index contributed by atoms with van der Waals surface area (Å²) in [5.74, 6) is -0.192. The molecule has 3 atom stereocenters. The number of nitrogens with zero attached hydrogens (tertiary/aromatic N) is 5. The van der Waals surface area contributed by atoms with Gasteiger partial charge in [0.05, 0.1) is 6.54 Å². The molecule has 1 N–H and O–H groups in total. The van der Waals surface area contributed by atoms with E-state index < -0.39 is 12.2 Å². The number of urea groups is 1. The van der Waals surface area contributed by atoms with E-state index in [1.54, 1.807) is 18.0 Å². The third-order valence-corrected chi connectivity index (χ3v) is 6.28. The van der Waals surface area contributed by atoms with Gasteiger partial charge >= 0.3 is 6.03 Å². The van der Waals surface area contributed by atoms with Crippen LogP contribution in [0.25, 0.3) is 10.8 Å². The molecule has 8 nitrogen and oxygen atoms in total. The molecule has 2 aromatic carbocycles. The third-order valence-electron chi connectivity index (χ3n) is 6.28. The number of hydrogen-bond acceptors (Lipinski definition) is 6. The first-order chi connectivity index (χ1) is 15.0. The Morgan fingerprint density at radius 1 is 1.19 bits per heavy atom. The fourth-order valence-corrected chi connectivity index (χ4v) is 4.87. The Bertz CT molecular complexity index is 1090. The van der Waals surface area contributed by atoms with Crippen molar-refractivity contribution in [3.63, 3.8) is 0 Å². The monoisotopic (exact) mass is 418 g/mol. The predicted octanol–water partition coefficient (Wildman–Crippen LogP) is 1.99. The first kappa shape index (κ1) is 19.7. The van der Waals surface area contributed by atoms with Crippen LogP contribution in [0.2, 0.25) is 0 Å². The number of fused-ring (bicyclic) bond motifs is 4. The molecule has 0 radical (unpaired) electrons. The van der Waals surface area contributed by atoms with Gasteiger partial charge in [-0.05, 0) is 23.3 Å². The van der Waals surface area contributed by atoms with E-state index in [4.69, 9.17) is 5.10 Å². The Hall–Kier alpha value is -3.23. The van der Waals surface area contributed by atoms with E-state index in [1.807, 2.05) is 24.1 Å². The van der Waals surface area contributed by atoms with Crippen LogP contribution in [0.1, 0.15) is 12.5 Å². The molecule has 5 rings (SSSR count). The smallest absolute Gasteiger partial charge is 0.310 e. The number of rotatable bonds is 4. The lowest BCUT2D eigenvalue weighted by Crippen LogP contribution is -2.66. The summed E-state index contributed by atoms with van der Waals surface area (Å²) in [6, 6.07) is 13.8. The SMILES string of the molecule is C=CCN1C(=O)C2C(NC3N(Cc4cccc5ccccc45)N=C(C)CN23)N(C)C1=O. The van der Waals surface area contributed by atoms with E-state index in [2.05, 4.69) is 47.1 Å². The summed E-state index contributed by atoms with van der Waals surface area (Å²) < 4.78 is 0. The lowest BCUT2D eigenvalue weighted by Gasteiger charge is -2.42. The van der Waals surface area contributed by atoms with Crippen LogP contribution in [0.5, 0.6) is 0 Å². The lowest BCUT2D eigenvalue weighted by atomic mass is 10.0. The highest BCUT2D eigenvalue weighted by molar-refractivity contribution is 6.01. The van der Waals surface area contributed by atoms with Crippen molar-refractivity contribution in [2.24, 2.45) is 5.10 Å². The van der Waals surface area contributed by atoms with Crippen molar-refractivity contribution in [2.45, 2.75) is 32.0 Å². The van der Waals surface area contributed by atoms with Crippen LogP contribution >= 0.6 is 0 Å². The van der Waals surface area contributed by atoms with E-state index in [1.165, 1.54) is 15.7 Å². The van der Waals surface area contributed by atoms with Crippen LogP contribution in [0.3, 0.4) is 0 Å². The fourth-order valence-electron chi connectivity index (χ4n) is 4.87. The predicted molar refractivity (Wildman–Crippen MR) is 119 cm³/mol. The Kier molecular flexibility index (Phi) is 4.75. The van der Waals surface area contributed by atoms with Crippen molar-refractivity contribution in [3.8, 4) is 0 Å². The average Bonchev–Trinajstić information content (AvgIpc) is 3.15. The molecule has 160 valence electrons. The van der Waals surface area contributed by atoms with Crippen molar-refractivity contribution in [1.82, 2.24) is 25.0 Å². The number of carbonyl (C=O) groups is 2. The number of amides is 3. The van der Waals surface area contributed by atoms with Crippen molar-refractivity contribution >= 4 is 28.4 Å². The molecular formula is C23H26N6O2. The van der Waals surface area contributed by atoms with Crippen molar-refractivity contribution in [2.75, 3.05) is 20.1 Å². The molecule has 2 saturated heterocycles. The van der Waals surface area contributed by atoms with E-state index in [-0.39, 0.29) is 24.8 Å². The maximum Gasteiger partial charge on any atom is 0.328 e. The molecule has 0 saturated carbocycles. The van der Waals surface area contributed by atoms with Crippen LogP contribution in [0, 0.1) is 0 Å². The van der Waals surface area contributed by atoms with Gasteiger partial charge in [0.1, 0.15) is 12.2 Å². The summed E-state index contributed by atoms with van der Waals surface area (Å²) in [6.07, 6.45) is 0.905. The van der Waals surface area contributed by atoms with Crippen molar-refractivity contribution in [1.29, 1.82) is 0 Å².